The number of nitrogens with zero attached hydrogens (tertiary/aromatic N) is 2. The van der Waals surface area contributed by atoms with Gasteiger partial charge in [0, 0.05) is 23.0 Å². The third kappa shape index (κ3) is 4.45. The number of methoxy groups -OCH3 is 1. The molecular weight excluding hydrogens is 414 g/mol. The molecule has 1 aromatic carbocycles. The minimum absolute atomic E-state index is 0.466. The molecule has 1 unspecified atom stereocenters. The summed E-state index contributed by atoms with van der Waals surface area (Å²) in [6.45, 7) is 2.14. The highest BCUT2D eigenvalue weighted by atomic mass is 16.5. The monoisotopic (exact) mass is 441 g/mol. The molecule has 3 N–H and O–H groups in total. The number of ether oxygens (including phenoxy) is 1. The van der Waals surface area contributed by atoms with Crippen molar-refractivity contribution in [2.45, 2.75) is 24.8 Å². The van der Waals surface area contributed by atoms with Crippen LogP contribution in [0, 0.1) is 0 Å². The molecule has 33 heavy (non-hydrogen) atoms. The Morgan fingerprint density at radius 1 is 1.12 bits per heavy atom. The lowest BCUT2D eigenvalue weighted by Gasteiger charge is -2.24. The molecule has 7 nitrogen and oxygen atoms in total. The second-order valence-corrected chi connectivity index (χ2v) is 8.36. The van der Waals surface area contributed by atoms with E-state index in [1.807, 2.05) is 18.2 Å². The Morgan fingerprint density at radius 3 is 2.70 bits per heavy atom. The van der Waals surface area contributed by atoms with Crippen molar-refractivity contribution in [1.29, 1.82) is 0 Å². The van der Waals surface area contributed by atoms with E-state index in [1.54, 1.807) is 25.7 Å². The highest BCUT2D eigenvalue weighted by Crippen LogP contribution is 2.35. The van der Waals surface area contributed by atoms with E-state index in [2.05, 4.69) is 45.2 Å². The molecule has 1 atom stereocenters. The van der Waals surface area contributed by atoms with Gasteiger partial charge in [0.1, 0.15) is 23.9 Å². The van der Waals surface area contributed by atoms with Crippen LogP contribution < -0.4 is 20.7 Å². The van der Waals surface area contributed by atoms with Crippen LogP contribution in [-0.4, -0.2) is 36.5 Å². The molecule has 5 rings (SSSR count). The number of hydrogen-bond donors (Lipinski definition) is 3. The number of piperidine rings is 1. The quantitative estimate of drug-likeness (QED) is 0.495. The highest BCUT2D eigenvalue weighted by molar-refractivity contribution is 5.80. The minimum atomic E-state index is -0.466. The summed E-state index contributed by atoms with van der Waals surface area (Å²) in [7, 11) is 1.62. The van der Waals surface area contributed by atoms with Crippen molar-refractivity contribution in [3.8, 4) is 17.0 Å². The number of hydrogen-bond acceptors (Lipinski definition) is 7. The third-order valence-corrected chi connectivity index (χ3v) is 6.30. The number of carbonyl (C=O) groups excluding carboxylic acids is 1. The Hall–Kier alpha value is -3.71. The summed E-state index contributed by atoms with van der Waals surface area (Å²) in [5, 5.41) is 9.99. The highest BCUT2D eigenvalue weighted by Gasteiger charge is 2.23. The van der Waals surface area contributed by atoms with Crippen LogP contribution in [0.3, 0.4) is 0 Å². The average molecular weight is 442 g/mol. The largest absolute Gasteiger partial charge is 0.495 e. The van der Waals surface area contributed by atoms with Crippen LogP contribution in [0.4, 0.5) is 11.5 Å². The first-order chi connectivity index (χ1) is 16.2. The van der Waals surface area contributed by atoms with E-state index in [-0.39, 0.29) is 0 Å². The van der Waals surface area contributed by atoms with Gasteiger partial charge in [-0.25, -0.2) is 4.98 Å². The Kier molecular flexibility index (Phi) is 6.04. The van der Waals surface area contributed by atoms with E-state index >= 15 is 0 Å². The standard InChI is InChI=1S/C26H27N5O2/c1-33-22-12-20(14-28-15-22)23-13-19-8-11-29-24(16-32)25(19)26(31-23)30-21-4-2-17(3-5-21)18-6-9-27-10-7-18/h2-5,8,11-16,18,24,27,29H,6-7,9-10H2,1H3,(H,30,31). The summed E-state index contributed by atoms with van der Waals surface area (Å²) in [5.41, 5.74) is 5.66. The zero-order valence-corrected chi connectivity index (χ0v) is 18.5. The predicted octanol–water partition coefficient (Wildman–Crippen LogP) is 4.18. The van der Waals surface area contributed by atoms with Crippen LogP contribution in [-0.2, 0) is 4.79 Å². The Balaban J connectivity index is 1.51. The topological polar surface area (TPSA) is 88.2 Å². The fourth-order valence-corrected chi connectivity index (χ4v) is 4.52. The lowest BCUT2D eigenvalue weighted by Crippen LogP contribution is -2.26. The van der Waals surface area contributed by atoms with E-state index in [0.717, 1.165) is 60.3 Å². The molecule has 7 heteroatoms. The second-order valence-electron chi connectivity index (χ2n) is 8.36. The summed E-state index contributed by atoms with van der Waals surface area (Å²) in [4.78, 5) is 21.0. The number of rotatable bonds is 6. The molecule has 168 valence electrons. The van der Waals surface area contributed by atoms with Crippen molar-refractivity contribution >= 4 is 23.9 Å². The molecular formula is C26H27N5O2. The van der Waals surface area contributed by atoms with Gasteiger partial charge in [0.2, 0.25) is 0 Å². The molecule has 3 aromatic rings. The van der Waals surface area contributed by atoms with Crippen LogP contribution in [0.25, 0.3) is 17.3 Å². The normalized spacial score (nSPS) is 17.7. The van der Waals surface area contributed by atoms with E-state index in [1.165, 1.54) is 5.56 Å². The number of aromatic nitrogens is 2. The molecule has 2 aliphatic heterocycles. The van der Waals surface area contributed by atoms with Gasteiger partial charge in [0.15, 0.2) is 0 Å². The number of fused-ring (bicyclic) bond motifs is 1. The summed E-state index contributed by atoms with van der Waals surface area (Å²) in [5.74, 6) is 1.91. The van der Waals surface area contributed by atoms with Crippen molar-refractivity contribution in [2.24, 2.45) is 0 Å². The third-order valence-electron chi connectivity index (χ3n) is 6.30. The first kappa shape index (κ1) is 21.2. The van der Waals surface area contributed by atoms with Gasteiger partial charge in [-0.15, -0.1) is 0 Å². The zero-order valence-electron chi connectivity index (χ0n) is 18.5. The number of benzene rings is 1. The molecule has 1 saturated heterocycles. The van der Waals surface area contributed by atoms with Crippen molar-refractivity contribution in [1.82, 2.24) is 20.6 Å². The van der Waals surface area contributed by atoms with Crippen LogP contribution in [0.1, 0.15) is 41.5 Å². The second kappa shape index (κ2) is 9.42. The van der Waals surface area contributed by atoms with Gasteiger partial charge < -0.3 is 25.5 Å². The number of anilines is 2. The number of nitrogens with one attached hydrogen (secondary N) is 3. The van der Waals surface area contributed by atoms with E-state index in [4.69, 9.17) is 9.72 Å². The fraction of sp³-hybridized carbons (Fsp3) is 0.269. The maximum absolute atomic E-state index is 11.8. The Bertz CT molecular complexity index is 1170. The molecule has 2 aliphatic rings. The van der Waals surface area contributed by atoms with Crippen molar-refractivity contribution in [3.05, 3.63) is 71.7 Å². The predicted molar refractivity (Wildman–Crippen MR) is 130 cm³/mol. The average Bonchev–Trinajstić information content (AvgIpc) is 2.89. The Morgan fingerprint density at radius 2 is 1.94 bits per heavy atom. The van der Waals surface area contributed by atoms with Crippen LogP contribution in [0.15, 0.2) is 55.0 Å². The fourth-order valence-electron chi connectivity index (χ4n) is 4.52. The molecule has 0 saturated carbocycles. The smallest absolute Gasteiger partial charge is 0.146 e. The molecule has 1 fully saturated rings. The Labute approximate surface area is 193 Å². The summed E-state index contributed by atoms with van der Waals surface area (Å²) < 4.78 is 5.33. The molecule has 0 amide bonds. The zero-order chi connectivity index (χ0) is 22.6. The summed E-state index contributed by atoms with van der Waals surface area (Å²) in [6, 6.07) is 12.0. The number of aldehydes is 1. The SMILES string of the molecule is COc1cncc(-c2cc3c(c(Nc4ccc(C5CCNCC5)cc4)n2)C(C=O)NC=C3)c1. The maximum Gasteiger partial charge on any atom is 0.146 e. The molecule has 2 aromatic heterocycles. The molecule has 0 bridgehead atoms. The van der Waals surface area contributed by atoms with Gasteiger partial charge in [0.25, 0.3) is 0 Å². The molecule has 0 spiro atoms. The number of carbonyl (C=O) groups is 1. The van der Waals surface area contributed by atoms with Gasteiger partial charge in [-0.05, 0) is 79.5 Å². The lowest BCUT2D eigenvalue weighted by molar-refractivity contribution is -0.109. The molecule has 0 aliphatic carbocycles. The van der Waals surface area contributed by atoms with Crippen molar-refractivity contribution < 1.29 is 9.53 Å². The van der Waals surface area contributed by atoms with Gasteiger partial charge >= 0.3 is 0 Å². The van der Waals surface area contributed by atoms with Crippen molar-refractivity contribution in [2.75, 3.05) is 25.5 Å². The molecule has 4 heterocycles. The number of pyridine rings is 2. The van der Waals surface area contributed by atoms with Crippen LogP contribution >= 0.6 is 0 Å². The maximum atomic E-state index is 11.8. The first-order valence-electron chi connectivity index (χ1n) is 11.2. The van der Waals surface area contributed by atoms with Gasteiger partial charge in [-0.1, -0.05) is 12.1 Å². The lowest BCUT2D eigenvalue weighted by atomic mass is 9.90. The summed E-state index contributed by atoms with van der Waals surface area (Å²) >= 11 is 0. The van der Waals surface area contributed by atoms with Crippen molar-refractivity contribution in [3.63, 3.8) is 0 Å². The van der Waals surface area contributed by atoms with E-state index in [0.29, 0.717) is 17.5 Å². The van der Waals surface area contributed by atoms with E-state index < -0.39 is 6.04 Å². The van der Waals surface area contributed by atoms with Gasteiger partial charge in [0.05, 0.1) is 19.0 Å². The first-order valence-corrected chi connectivity index (χ1v) is 11.2. The van der Waals surface area contributed by atoms with Gasteiger partial charge in [-0.3, -0.25) is 4.98 Å². The van der Waals surface area contributed by atoms with Gasteiger partial charge in [-0.2, -0.15) is 0 Å². The molecule has 0 radical (unpaired) electrons. The van der Waals surface area contributed by atoms with Crippen LogP contribution in [0.2, 0.25) is 0 Å². The van der Waals surface area contributed by atoms with E-state index in [9.17, 15) is 4.79 Å². The minimum Gasteiger partial charge on any atom is -0.495 e. The summed E-state index contributed by atoms with van der Waals surface area (Å²) in [6.07, 6.45) is 10.4. The van der Waals surface area contributed by atoms with Crippen LogP contribution in [0.5, 0.6) is 5.75 Å².